The lowest BCUT2D eigenvalue weighted by atomic mass is 9.97. The molecule has 2 aliphatic rings. The van der Waals surface area contributed by atoms with Crippen molar-refractivity contribution in [1.82, 2.24) is 15.1 Å². The van der Waals surface area contributed by atoms with Crippen molar-refractivity contribution >= 4 is 0 Å². The maximum atomic E-state index is 5.45. The normalized spacial score (nSPS) is 29.2. The third-order valence-electron chi connectivity index (χ3n) is 5.14. The van der Waals surface area contributed by atoms with E-state index in [4.69, 9.17) is 4.42 Å². The van der Waals surface area contributed by atoms with Crippen molar-refractivity contribution in [3.8, 4) is 0 Å². The Labute approximate surface area is 128 Å². The van der Waals surface area contributed by atoms with Crippen molar-refractivity contribution in [2.24, 2.45) is 0 Å². The third kappa shape index (κ3) is 3.68. The first-order chi connectivity index (χ1) is 10.2. The summed E-state index contributed by atoms with van der Waals surface area (Å²) >= 11 is 0. The van der Waals surface area contributed by atoms with E-state index in [1.54, 1.807) is 6.26 Å². The number of furan rings is 1. The lowest BCUT2D eigenvalue weighted by Crippen LogP contribution is -2.59. The highest BCUT2D eigenvalue weighted by atomic mass is 16.3. The van der Waals surface area contributed by atoms with Gasteiger partial charge in [0, 0.05) is 38.3 Å². The maximum Gasteiger partial charge on any atom is 0.120 e. The summed E-state index contributed by atoms with van der Waals surface area (Å²) in [6, 6.07) is 5.78. The predicted molar refractivity (Wildman–Crippen MR) is 85.4 cm³/mol. The summed E-state index contributed by atoms with van der Waals surface area (Å²) in [5, 5.41) is 3.58. The Hall–Kier alpha value is -0.840. The molecule has 1 aromatic rings. The average molecular weight is 291 g/mol. The summed E-state index contributed by atoms with van der Waals surface area (Å²) in [5.41, 5.74) is 0. The fourth-order valence-electron chi connectivity index (χ4n) is 3.79. The van der Waals surface area contributed by atoms with Crippen LogP contribution >= 0.6 is 0 Å². The van der Waals surface area contributed by atoms with Crippen LogP contribution in [0.2, 0.25) is 0 Å². The zero-order chi connectivity index (χ0) is 14.7. The van der Waals surface area contributed by atoms with E-state index in [9.17, 15) is 0 Å². The lowest BCUT2D eigenvalue weighted by Gasteiger charge is -2.47. The molecule has 4 nitrogen and oxygen atoms in total. The highest BCUT2D eigenvalue weighted by Crippen LogP contribution is 2.23. The molecule has 0 aromatic carbocycles. The van der Waals surface area contributed by atoms with Crippen LogP contribution in [0.1, 0.15) is 44.9 Å². The van der Waals surface area contributed by atoms with Gasteiger partial charge < -0.3 is 9.73 Å². The van der Waals surface area contributed by atoms with E-state index in [-0.39, 0.29) is 0 Å². The maximum absolute atomic E-state index is 5.45. The van der Waals surface area contributed by atoms with Crippen LogP contribution < -0.4 is 5.32 Å². The van der Waals surface area contributed by atoms with Crippen molar-refractivity contribution in [2.45, 2.75) is 51.2 Å². The Morgan fingerprint density at radius 3 is 3.10 bits per heavy atom. The molecule has 0 radical (unpaired) electrons. The van der Waals surface area contributed by atoms with Crippen molar-refractivity contribution in [1.29, 1.82) is 0 Å². The van der Waals surface area contributed by atoms with Crippen LogP contribution in [0.25, 0.3) is 0 Å². The topological polar surface area (TPSA) is 31.6 Å². The molecule has 3 heterocycles. The molecule has 0 amide bonds. The Morgan fingerprint density at radius 2 is 2.29 bits per heavy atom. The molecule has 1 N–H and O–H groups in total. The number of hydrogen-bond donors (Lipinski definition) is 1. The van der Waals surface area contributed by atoms with E-state index in [0.717, 1.165) is 24.9 Å². The zero-order valence-electron chi connectivity index (χ0n) is 13.4. The number of rotatable bonds is 5. The van der Waals surface area contributed by atoms with Gasteiger partial charge in [-0.15, -0.1) is 0 Å². The lowest BCUT2D eigenvalue weighted by molar-refractivity contribution is 0.0157. The minimum absolute atomic E-state index is 0.297. The van der Waals surface area contributed by atoms with Crippen LogP contribution in [0.15, 0.2) is 22.8 Å². The summed E-state index contributed by atoms with van der Waals surface area (Å²) in [6.07, 6.45) is 5.94. The van der Waals surface area contributed by atoms with E-state index in [1.807, 2.05) is 12.1 Å². The molecule has 0 spiro atoms. The quantitative estimate of drug-likeness (QED) is 0.903. The van der Waals surface area contributed by atoms with Crippen molar-refractivity contribution < 1.29 is 4.42 Å². The monoisotopic (exact) mass is 291 g/mol. The summed E-state index contributed by atoms with van der Waals surface area (Å²) in [4.78, 5) is 5.37. The number of piperazine rings is 1. The van der Waals surface area contributed by atoms with Gasteiger partial charge in [-0.3, -0.25) is 9.80 Å². The molecular weight excluding hydrogens is 262 g/mol. The van der Waals surface area contributed by atoms with E-state index in [1.165, 1.54) is 38.9 Å². The molecule has 2 saturated heterocycles. The molecule has 3 rings (SSSR count). The molecule has 4 heteroatoms. The number of nitrogens with zero attached hydrogens (tertiary/aromatic N) is 2. The second-order valence-corrected chi connectivity index (χ2v) is 6.68. The van der Waals surface area contributed by atoms with Crippen LogP contribution in [-0.4, -0.2) is 54.6 Å². The van der Waals surface area contributed by atoms with E-state index in [0.29, 0.717) is 12.1 Å². The van der Waals surface area contributed by atoms with Gasteiger partial charge in [0.15, 0.2) is 0 Å². The zero-order valence-corrected chi connectivity index (χ0v) is 13.4. The number of piperidine rings is 1. The SMILES string of the molecule is CC(NCCN1CC2CCCCN2CC1C)c1ccco1. The van der Waals surface area contributed by atoms with Crippen molar-refractivity contribution in [2.75, 3.05) is 32.7 Å². The fraction of sp³-hybridized carbons (Fsp3) is 0.765. The number of hydrogen-bond acceptors (Lipinski definition) is 4. The Morgan fingerprint density at radius 1 is 1.38 bits per heavy atom. The average Bonchev–Trinajstić information content (AvgIpc) is 3.02. The number of fused-ring (bicyclic) bond motifs is 1. The van der Waals surface area contributed by atoms with Gasteiger partial charge in [0.1, 0.15) is 5.76 Å². The molecule has 118 valence electrons. The molecule has 0 saturated carbocycles. The highest BCUT2D eigenvalue weighted by molar-refractivity contribution is 5.02. The minimum atomic E-state index is 0.297. The molecule has 2 fully saturated rings. The highest BCUT2D eigenvalue weighted by Gasteiger charge is 2.32. The molecule has 2 aliphatic heterocycles. The van der Waals surface area contributed by atoms with Gasteiger partial charge in [-0.05, 0) is 45.4 Å². The predicted octanol–water partition coefficient (Wildman–Crippen LogP) is 2.49. The van der Waals surface area contributed by atoms with Crippen LogP contribution in [0, 0.1) is 0 Å². The van der Waals surface area contributed by atoms with Gasteiger partial charge in [-0.25, -0.2) is 0 Å². The largest absolute Gasteiger partial charge is 0.468 e. The van der Waals surface area contributed by atoms with Gasteiger partial charge in [0.2, 0.25) is 0 Å². The first kappa shape index (κ1) is 15.1. The molecule has 0 bridgehead atoms. The Kier molecular flexibility index (Phi) is 4.99. The smallest absolute Gasteiger partial charge is 0.120 e. The van der Waals surface area contributed by atoms with Gasteiger partial charge >= 0.3 is 0 Å². The third-order valence-corrected chi connectivity index (χ3v) is 5.14. The number of nitrogens with one attached hydrogen (secondary N) is 1. The van der Waals surface area contributed by atoms with Crippen LogP contribution in [0.3, 0.4) is 0 Å². The molecule has 21 heavy (non-hydrogen) atoms. The van der Waals surface area contributed by atoms with Crippen molar-refractivity contribution in [3.05, 3.63) is 24.2 Å². The second kappa shape index (κ2) is 6.95. The first-order valence-corrected chi connectivity index (χ1v) is 8.49. The molecule has 3 atom stereocenters. The molecule has 0 aliphatic carbocycles. The van der Waals surface area contributed by atoms with Crippen molar-refractivity contribution in [3.63, 3.8) is 0 Å². The summed E-state index contributed by atoms with van der Waals surface area (Å²) in [6.45, 7) is 10.5. The molecular formula is C17H29N3O. The van der Waals surface area contributed by atoms with Gasteiger partial charge in [-0.1, -0.05) is 6.42 Å². The summed E-state index contributed by atoms with van der Waals surface area (Å²) in [5.74, 6) is 1.03. The first-order valence-electron chi connectivity index (χ1n) is 8.49. The Bertz CT molecular complexity index is 420. The van der Waals surface area contributed by atoms with Crippen LogP contribution in [0.4, 0.5) is 0 Å². The van der Waals surface area contributed by atoms with E-state index in [2.05, 4.69) is 29.0 Å². The molecule has 1 aromatic heterocycles. The van der Waals surface area contributed by atoms with E-state index >= 15 is 0 Å². The fourth-order valence-corrected chi connectivity index (χ4v) is 3.79. The summed E-state index contributed by atoms with van der Waals surface area (Å²) < 4.78 is 5.45. The second-order valence-electron chi connectivity index (χ2n) is 6.68. The van der Waals surface area contributed by atoms with Gasteiger partial charge in [0.25, 0.3) is 0 Å². The minimum Gasteiger partial charge on any atom is -0.468 e. The van der Waals surface area contributed by atoms with Gasteiger partial charge in [0.05, 0.1) is 12.3 Å². The summed E-state index contributed by atoms with van der Waals surface area (Å²) in [7, 11) is 0. The standard InChI is InChI=1S/C17H29N3O/c1-14-12-20-9-4-3-6-16(20)13-19(14)10-8-18-15(2)17-7-5-11-21-17/h5,7,11,14-16,18H,3-4,6,8-10,12-13H2,1-2H3. The van der Waals surface area contributed by atoms with Gasteiger partial charge in [-0.2, -0.15) is 0 Å². The van der Waals surface area contributed by atoms with E-state index < -0.39 is 0 Å². The Balaban J connectivity index is 1.44. The van der Waals surface area contributed by atoms with Crippen LogP contribution in [0.5, 0.6) is 0 Å². The molecule has 3 unspecified atom stereocenters. The van der Waals surface area contributed by atoms with Crippen LogP contribution in [-0.2, 0) is 0 Å².